The van der Waals surface area contributed by atoms with E-state index in [0.29, 0.717) is 19.4 Å². The van der Waals surface area contributed by atoms with Crippen LogP contribution in [0.15, 0.2) is 29.6 Å². The molecule has 116 valence electrons. The molecule has 0 radical (unpaired) electrons. The third-order valence-electron chi connectivity index (χ3n) is 3.68. The minimum atomic E-state index is 0.112. The summed E-state index contributed by atoms with van der Waals surface area (Å²) < 4.78 is 5.93. The minimum absolute atomic E-state index is 0.112. The van der Waals surface area contributed by atoms with Crippen molar-refractivity contribution in [1.82, 2.24) is 10.3 Å². The van der Waals surface area contributed by atoms with Crippen molar-refractivity contribution in [3.8, 4) is 16.3 Å². The molecule has 0 spiro atoms. The molecule has 22 heavy (non-hydrogen) atoms. The number of carbonyl (C=O) groups is 1. The van der Waals surface area contributed by atoms with Crippen LogP contribution in [0.5, 0.6) is 5.75 Å². The molecule has 0 saturated heterocycles. The predicted octanol–water partition coefficient (Wildman–Crippen LogP) is 3.42. The third-order valence-corrected chi connectivity index (χ3v) is 4.60. The summed E-state index contributed by atoms with van der Waals surface area (Å²) in [5, 5.41) is 5.96. The molecule has 0 aliphatic carbocycles. The Hall–Kier alpha value is -1.88. The van der Waals surface area contributed by atoms with Crippen molar-refractivity contribution in [2.45, 2.75) is 32.1 Å². The van der Waals surface area contributed by atoms with E-state index in [1.54, 1.807) is 11.3 Å². The van der Waals surface area contributed by atoms with E-state index >= 15 is 0 Å². The zero-order valence-corrected chi connectivity index (χ0v) is 13.3. The molecule has 1 N–H and O–H groups in total. The van der Waals surface area contributed by atoms with Crippen LogP contribution < -0.4 is 10.1 Å². The van der Waals surface area contributed by atoms with E-state index in [4.69, 9.17) is 4.74 Å². The van der Waals surface area contributed by atoms with Gasteiger partial charge in [-0.3, -0.25) is 4.79 Å². The summed E-state index contributed by atoms with van der Waals surface area (Å²) in [7, 11) is 0. The predicted molar refractivity (Wildman–Crippen MR) is 88.2 cm³/mol. The van der Waals surface area contributed by atoms with E-state index in [0.717, 1.165) is 47.8 Å². The van der Waals surface area contributed by atoms with E-state index in [2.05, 4.69) is 10.3 Å². The van der Waals surface area contributed by atoms with Crippen molar-refractivity contribution in [2.24, 2.45) is 0 Å². The zero-order chi connectivity index (χ0) is 15.2. The topological polar surface area (TPSA) is 51.2 Å². The second-order valence-corrected chi connectivity index (χ2v) is 6.26. The van der Waals surface area contributed by atoms with Crippen LogP contribution in [0, 0.1) is 0 Å². The zero-order valence-electron chi connectivity index (χ0n) is 12.5. The maximum atomic E-state index is 11.8. The highest BCUT2D eigenvalue weighted by atomic mass is 32.1. The third kappa shape index (κ3) is 3.85. The van der Waals surface area contributed by atoms with Gasteiger partial charge >= 0.3 is 0 Å². The van der Waals surface area contributed by atoms with Gasteiger partial charge in [-0.25, -0.2) is 4.98 Å². The number of aryl methyl sites for hydroxylation is 1. The molecule has 0 saturated carbocycles. The van der Waals surface area contributed by atoms with E-state index in [1.165, 1.54) is 0 Å². The lowest BCUT2D eigenvalue weighted by Gasteiger charge is -2.09. The number of rotatable bonds is 0. The van der Waals surface area contributed by atoms with Crippen LogP contribution in [0.4, 0.5) is 0 Å². The summed E-state index contributed by atoms with van der Waals surface area (Å²) in [4.78, 5) is 16.4. The smallest absolute Gasteiger partial charge is 0.220 e. The number of carbonyl (C=O) groups excluding carboxylic acids is 1. The number of thiazole rings is 1. The maximum absolute atomic E-state index is 11.8. The maximum Gasteiger partial charge on any atom is 0.220 e. The fourth-order valence-corrected chi connectivity index (χ4v) is 3.34. The van der Waals surface area contributed by atoms with Gasteiger partial charge in [-0.2, -0.15) is 0 Å². The molecule has 2 heterocycles. The number of para-hydroxylation sites is 1. The van der Waals surface area contributed by atoms with Gasteiger partial charge in [0.15, 0.2) is 0 Å². The number of nitrogens with zero attached hydrogens (tertiary/aromatic N) is 1. The van der Waals surface area contributed by atoms with Crippen LogP contribution >= 0.6 is 11.3 Å². The number of nitrogens with one attached hydrogen (secondary N) is 1. The minimum Gasteiger partial charge on any atom is -0.493 e. The largest absolute Gasteiger partial charge is 0.493 e. The van der Waals surface area contributed by atoms with Gasteiger partial charge in [-0.05, 0) is 37.8 Å². The number of benzene rings is 1. The second kappa shape index (κ2) is 7.40. The average molecular weight is 316 g/mol. The Balaban J connectivity index is 1.83. The van der Waals surface area contributed by atoms with E-state index in [1.807, 2.05) is 29.6 Å². The molecular weight excluding hydrogens is 296 g/mol. The quantitative estimate of drug-likeness (QED) is 0.810. The number of hydrogen-bond donors (Lipinski definition) is 1. The molecule has 5 heteroatoms. The Morgan fingerprint density at radius 2 is 2.05 bits per heavy atom. The number of amides is 1. The first-order valence-corrected chi connectivity index (χ1v) is 8.64. The highest BCUT2D eigenvalue weighted by Gasteiger charge is 2.12. The molecule has 0 fully saturated rings. The first kappa shape index (κ1) is 15.0. The molecule has 3 rings (SSSR count). The fourth-order valence-electron chi connectivity index (χ4n) is 2.46. The summed E-state index contributed by atoms with van der Waals surface area (Å²) in [5.74, 6) is 1.01. The average Bonchev–Trinajstić information content (AvgIpc) is 3.00. The van der Waals surface area contributed by atoms with Crippen molar-refractivity contribution < 1.29 is 9.53 Å². The summed E-state index contributed by atoms with van der Waals surface area (Å²) in [5.41, 5.74) is 2.01. The molecule has 4 nitrogen and oxygen atoms in total. The van der Waals surface area contributed by atoms with E-state index in [-0.39, 0.29) is 5.91 Å². The van der Waals surface area contributed by atoms with Crippen LogP contribution in [-0.2, 0) is 11.2 Å². The lowest BCUT2D eigenvalue weighted by molar-refractivity contribution is -0.121. The summed E-state index contributed by atoms with van der Waals surface area (Å²) >= 11 is 1.61. The Bertz CT molecular complexity index is 639. The Kier molecular flexibility index (Phi) is 5.06. The Morgan fingerprint density at radius 1 is 1.14 bits per heavy atom. The van der Waals surface area contributed by atoms with E-state index < -0.39 is 0 Å². The molecule has 1 amide bonds. The number of ether oxygens (including phenoxy) is 1. The van der Waals surface area contributed by atoms with Gasteiger partial charge < -0.3 is 10.1 Å². The van der Waals surface area contributed by atoms with Gasteiger partial charge in [-0.15, -0.1) is 11.3 Å². The molecule has 0 atom stereocenters. The molecule has 1 aliphatic rings. The Morgan fingerprint density at radius 3 is 3.00 bits per heavy atom. The lowest BCUT2D eigenvalue weighted by atomic mass is 10.2. The number of aromatic nitrogens is 1. The second-order valence-electron chi connectivity index (χ2n) is 5.40. The van der Waals surface area contributed by atoms with Gasteiger partial charge in [0, 0.05) is 18.3 Å². The van der Waals surface area contributed by atoms with Crippen molar-refractivity contribution in [2.75, 3.05) is 13.2 Å². The molecule has 2 aromatic rings. The molecule has 1 aliphatic heterocycles. The normalized spacial score (nSPS) is 16.6. The van der Waals surface area contributed by atoms with Crippen LogP contribution in [0.3, 0.4) is 0 Å². The standard InChI is InChI=1S/C17H20N2O2S/c20-16-9-8-13-12-22-17(19-13)14-6-2-3-7-15(14)21-11-5-1-4-10-18-16/h2-3,6-7,12H,1,4-5,8-11H2,(H,18,20). The van der Waals surface area contributed by atoms with Crippen LogP contribution in [0.2, 0.25) is 0 Å². The highest BCUT2D eigenvalue weighted by molar-refractivity contribution is 7.13. The first-order valence-electron chi connectivity index (χ1n) is 7.76. The number of hydrogen-bond acceptors (Lipinski definition) is 4. The molecule has 1 aromatic carbocycles. The highest BCUT2D eigenvalue weighted by Crippen LogP contribution is 2.32. The molecule has 2 bridgehead atoms. The van der Waals surface area contributed by atoms with Gasteiger partial charge in [0.2, 0.25) is 5.91 Å². The van der Waals surface area contributed by atoms with Crippen LogP contribution in [-0.4, -0.2) is 24.0 Å². The number of fused-ring (bicyclic) bond motifs is 4. The SMILES string of the molecule is O=C1CCc2csc(n2)-c2ccccc2OCCCCCN1. The van der Waals surface area contributed by atoms with Gasteiger partial charge in [0.05, 0.1) is 17.9 Å². The van der Waals surface area contributed by atoms with Gasteiger partial charge in [0.1, 0.15) is 10.8 Å². The van der Waals surface area contributed by atoms with Crippen molar-refractivity contribution in [3.05, 3.63) is 35.3 Å². The van der Waals surface area contributed by atoms with E-state index in [9.17, 15) is 4.79 Å². The van der Waals surface area contributed by atoms with Crippen molar-refractivity contribution >= 4 is 17.2 Å². The molecule has 1 aromatic heterocycles. The Labute approximate surface area is 134 Å². The molecule has 0 unspecified atom stereocenters. The summed E-state index contributed by atoms with van der Waals surface area (Å²) in [6.45, 7) is 1.45. The first-order chi connectivity index (χ1) is 10.8. The summed E-state index contributed by atoms with van der Waals surface area (Å²) in [6.07, 6.45) is 4.24. The molecular formula is C17H20N2O2S. The lowest BCUT2D eigenvalue weighted by Crippen LogP contribution is -2.24. The van der Waals surface area contributed by atoms with Crippen LogP contribution in [0.1, 0.15) is 31.4 Å². The van der Waals surface area contributed by atoms with Gasteiger partial charge in [0.25, 0.3) is 0 Å². The van der Waals surface area contributed by atoms with Crippen LogP contribution in [0.25, 0.3) is 10.6 Å². The fraction of sp³-hybridized carbons (Fsp3) is 0.412. The van der Waals surface area contributed by atoms with Gasteiger partial charge in [-0.1, -0.05) is 12.1 Å². The monoisotopic (exact) mass is 316 g/mol. The van der Waals surface area contributed by atoms with Crippen molar-refractivity contribution in [3.63, 3.8) is 0 Å². The van der Waals surface area contributed by atoms with Crippen molar-refractivity contribution in [1.29, 1.82) is 0 Å². The summed E-state index contributed by atoms with van der Waals surface area (Å²) in [6, 6.07) is 8.04.